The zero-order valence-electron chi connectivity index (χ0n) is 11.3. The molecule has 2 fully saturated rings. The zero-order valence-corrected chi connectivity index (χ0v) is 11.3. The highest BCUT2D eigenvalue weighted by Crippen LogP contribution is 2.52. The summed E-state index contributed by atoms with van der Waals surface area (Å²) in [6.45, 7) is 2.09. The summed E-state index contributed by atoms with van der Waals surface area (Å²) in [6, 6.07) is 4.26. The fourth-order valence-electron chi connectivity index (χ4n) is 4.34. The predicted octanol–water partition coefficient (Wildman–Crippen LogP) is 3.04. The third kappa shape index (κ3) is 1.64. The molecule has 0 aliphatic heterocycles. The lowest BCUT2D eigenvalue weighted by atomic mass is 9.92. The average Bonchev–Trinajstić information content (AvgIpc) is 3.01. The van der Waals surface area contributed by atoms with Gasteiger partial charge in [-0.05, 0) is 49.3 Å². The van der Waals surface area contributed by atoms with Crippen molar-refractivity contribution in [1.82, 2.24) is 9.38 Å². The molecule has 2 aliphatic rings. The monoisotopic (exact) mass is 256 g/mol. The number of pyridine rings is 1. The number of aliphatic hydroxyl groups is 1. The topological polar surface area (TPSA) is 37.5 Å². The van der Waals surface area contributed by atoms with Gasteiger partial charge in [0.25, 0.3) is 0 Å². The Morgan fingerprint density at radius 3 is 2.74 bits per heavy atom. The molecule has 0 spiro atoms. The molecule has 19 heavy (non-hydrogen) atoms. The Morgan fingerprint density at radius 1 is 1.26 bits per heavy atom. The van der Waals surface area contributed by atoms with Crippen molar-refractivity contribution in [1.29, 1.82) is 0 Å². The van der Waals surface area contributed by atoms with E-state index in [-0.39, 0.29) is 0 Å². The molecule has 0 amide bonds. The van der Waals surface area contributed by atoms with Crippen LogP contribution < -0.4 is 0 Å². The van der Waals surface area contributed by atoms with Gasteiger partial charge in [0, 0.05) is 0 Å². The molecule has 0 bridgehead atoms. The van der Waals surface area contributed by atoms with Crippen molar-refractivity contribution in [3.05, 3.63) is 35.9 Å². The summed E-state index contributed by atoms with van der Waals surface area (Å²) < 4.78 is 2.06. The van der Waals surface area contributed by atoms with E-state index in [1.807, 2.05) is 12.5 Å². The molecule has 0 saturated heterocycles. The molecule has 2 aromatic heterocycles. The van der Waals surface area contributed by atoms with E-state index in [1.54, 1.807) is 0 Å². The molecule has 2 unspecified atom stereocenters. The van der Waals surface area contributed by atoms with E-state index in [0.717, 1.165) is 35.9 Å². The Balaban J connectivity index is 1.83. The van der Waals surface area contributed by atoms with Gasteiger partial charge in [-0.3, -0.25) is 0 Å². The third-order valence-electron chi connectivity index (χ3n) is 5.16. The number of nitrogens with zero attached hydrogens (tertiary/aromatic N) is 2. The van der Waals surface area contributed by atoms with Gasteiger partial charge in [-0.2, -0.15) is 0 Å². The van der Waals surface area contributed by atoms with Crippen molar-refractivity contribution < 1.29 is 5.11 Å². The van der Waals surface area contributed by atoms with Crippen molar-refractivity contribution in [2.45, 2.75) is 44.6 Å². The van der Waals surface area contributed by atoms with Crippen LogP contribution in [0.1, 0.15) is 43.4 Å². The molecular formula is C16H20N2O. The second-order valence-electron chi connectivity index (χ2n) is 6.50. The van der Waals surface area contributed by atoms with Crippen LogP contribution in [0.3, 0.4) is 0 Å². The van der Waals surface area contributed by atoms with Crippen LogP contribution in [-0.2, 0) is 5.60 Å². The summed E-state index contributed by atoms with van der Waals surface area (Å²) in [5, 5.41) is 11.2. The van der Waals surface area contributed by atoms with Crippen LogP contribution in [-0.4, -0.2) is 14.5 Å². The van der Waals surface area contributed by atoms with Gasteiger partial charge in [0.15, 0.2) is 0 Å². The summed E-state index contributed by atoms with van der Waals surface area (Å²) >= 11 is 0. The van der Waals surface area contributed by atoms with Gasteiger partial charge in [0.05, 0.1) is 23.7 Å². The van der Waals surface area contributed by atoms with Gasteiger partial charge in [-0.15, -0.1) is 0 Å². The lowest BCUT2D eigenvalue weighted by Crippen LogP contribution is -2.25. The molecule has 3 nitrogen and oxygen atoms in total. The average molecular weight is 256 g/mol. The quantitative estimate of drug-likeness (QED) is 0.851. The molecule has 100 valence electrons. The number of aryl methyl sites for hydroxylation is 1. The summed E-state index contributed by atoms with van der Waals surface area (Å²) in [5.74, 6) is 1.45. The Morgan fingerprint density at radius 2 is 2.00 bits per heavy atom. The largest absolute Gasteiger partial charge is 0.384 e. The van der Waals surface area contributed by atoms with E-state index in [0.29, 0.717) is 0 Å². The summed E-state index contributed by atoms with van der Waals surface area (Å²) in [6.07, 6.45) is 9.49. The van der Waals surface area contributed by atoms with Gasteiger partial charge in [0.2, 0.25) is 0 Å². The van der Waals surface area contributed by atoms with Crippen LogP contribution in [0.4, 0.5) is 0 Å². The van der Waals surface area contributed by atoms with Crippen LogP contribution >= 0.6 is 0 Å². The fourth-order valence-corrected chi connectivity index (χ4v) is 4.34. The highest BCUT2D eigenvalue weighted by molar-refractivity contribution is 5.49. The van der Waals surface area contributed by atoms with Gasteiger partial charge in [0.1, 0.15) is 5.60 Å². The first-order chi connectivity index (χ1) is 9.16. The minimum atomic E-state index is -0.652. The van der Waals surface area contributed by atoms with E-state index in [4.69, 9.17) is 0 Å². The molecule has 1 N–H and O–H groups in total. The minimum Gasteiger partial charge on any atom is -0.384 e. The first-order valence-electron chi connectivity index (χ1n) is 7.31. The molecule has 2 aliphatic carbocycles. The molecular weight excluding hydrogens is 236 g/mol. The third-order valence-corrected chi connectivity index (χ3v) is 5.16. The van der Waals surface area contributed by atoms with Crippen LogP contribution in [0, 0.1) is 18.8 Å². The van der Waals surface area contributed by atoms with Crippen molar-refractivity contribution in [2.24, 2.45) is 11.8 Å². The van der Waals surface area contributed by atoms with E-state index in [1.165, 1.54) is 24.8 Å². The molecule has 2 heterocycles. The van der Waals surface area contributed by atoms with Gasteiger partial charge < -0.3 is 9.51 Å². The predicted molar refractivity (Wildman–Crippen MR) is 73.9 cm³/mol. The van der Waals surface area contributed by atoms with Crippen molar-refractivity contribution >= 4 is 5.52 Å². The van der Waals surface area contributed by atoms with Gasteiger partial charge in [-0.25, -0.2) is 4.98 Å². The van der Waals surface area contributed by atoms with Crippen molar-refractivity contribution in [3.8, 4) is 0 Å². The normalized spacial score (nSPS) is 34.0. The number of hydrogen-bond acceptors (Lipinski definition) is 2. The lowest BCUT2D eigenvalue weighted by Gasteiger charge is -2.26. The SMILES string of the molecule is Cc1cc(C2(O)CC3CCCC3C2)n2cncc2c1. The second kappa shape index (κ2) is 3.83. The Labute approximate surface area is 113 Å². The van der Waals surface area contributed by atoms with Crippen LogP contribution in [0.15, 0.2) is 24.7 Å². The van der Waals surface area contributed by atoms with E-state index < -0.39 is 5.60 Å². The molecule has 0 aromatic carbocycles. The minimum absolute atomic E-state index is 0.652. The Bertz CT molecular complexity index is 619. The Hall–Kier alpha value is -1.35. The van der Waals surface area contributed by atoms with Gasteiger partial charge in [-0.1, -0.05) is 19.3 Å². The van der Waals surface area contributed by atoms with Crippen LogP contribution in [0.5, 0.6) is 0 Å². The summed E-state index contributed by atoms with van der Waals surface area (Å²) in [5.41, 5.74) is 2.67. The van der Waals surface area contributed by atoms with Gasteiger partial charge >= 0.3 is 0 Å². The lowest BCUT2D eigenvalue weighted by molar-refractivity contribution is 0.0295. The molecule has 4 rings (SSSR count). The number of imidazole rings is 1. The maximum absolute atomic E-state index is 11.2. The fraction of sp³-hybridized carbons (Fsp3) is 0.562. The molecule has 3 heteroatoms. The number of aromatic nitrogens is 2. The highest BCUT2D eigenvalue weighted by atomic mass is 16.3. The van der Waals surface area contributed by atoms with Crippen molar-refractivity contribution in [2.75, 3.05) is 0 Å². The highest BCUT2D eigenvalue weighted by Gasteiger charge is 2.47. The maximum Gasteiger partial charge on any atom is 0.105 e. The zero-order chi connectivity index (χ0) is 13.0. The maximum atomic E-state index is 11.2. The van der Waals surface area contributed by atoms with E-state index in [9.17, 15) is 5.11 Å². The number of fused-ring (bicyclic) bond motifs is 2. The molecule has 2 atom stereocenters. The van der Waals surface area contributed by atoms with E-state index in [2.05, 4.69) is 28.4 Å². The molecule has 0 radical (unpaired) electrons. The van der Waals surface area contributed by atoms with Crippen LogP contribution in [0.25, 0.3) is 5.52 Å². The summed E-state index contributed by atoms with van der Waals surface area (Å²) in [4.78, 5) is 4.23. The second-order valence-corrected chi connectivity index (χ2v) is 6.50. The van der Waals surface area contributed by atoms with Crippen LogP contribution in [0.2, 0.25) is 0 Å². The molecule has 2 saturated carbocycles. The standard InChI is InChI=1S/C16H20N2O/c1-11-5-14-9-17-10-18(14)15(6-11)16(19)7-12-3-2-4-13(12)8-16/h5-6,9-10,12-13,19H,2-4,7-8H2,1H3. The number of hydrogen-bond donors (Lipinski definition) is 1. The van der Waals surface area contributed by atoms with E-state index >= 15 is 0 Å². The Kier molecular flexibility index (Phi) is 2.31. The first kappa shape index (κ1) is 11.5. The molecule has 2 aromatic rings. The number of rotatable bonds is 1. The smallest absolute Gasteiger partial charge is 0.105 e. The first-order valence-corrected chi connectivity index (χ1v) is 7.31. The van der Waals surface area contributed by atoms with Crippen molar-refractivity contribution in [3.63, 3.8) is 0 Å². The summed E-state index contributed by atoms with van der Waals surface area (Å²) in [7, 11) is 0.